The van der Waals surface area contributed by atoms with E-state index < -0.39 is 0 Å². The molecular weight excluding hydrogens is 294 g/mol. The highest BCUT2D eigenvalue weighted by atomic mass is 16.5. The lowest BCUT2D eigenvalue weighted by Crippen LogP contribution is -2.45. The summed E-state index contributed by atoms with van der Waals surface area (Å²) < 4.78 is 16.8. The summed E-state index contributed by atoms with van der Waals surface area (Å²) in [4.78, 5) is 6.35. The molecule has 120 valence electrons. The second-order valence-corrected chi connectivity index (χ2v) is 5.68. The van der Waals surface area contributed by atoms with E-state index in [4.69, 9.17) is 13.9 Å². The summed E-state index contributed by atoms with van der Waals surface area (Å²) in [5.74, 6) is 1.71. The van der Waals surface area contributed by atoms with Crippen molar-refractivity contribution in [3.63, 3.8) is 0 Å². The van der Waals surface area contributed by atoms with Gasteiger partial charge < -0.3 is 18.8 Å². The first-order chi connectivity index (χ1) is 11.1. The lowest BCUT2D eigenvalue weighted by atomic mass is 10.2. The number of anilines is 1. The molecule has 1 saturated heterocycles. The average Bonchev–Trinajstić information content (AvgIpc) is 2.98. The zero-order chi connectivity index (χ0) is 16.4. The lowest BCUT2D eigenvalue weighted by molar-refractivity contribution is -0.00638. The van der Waals surface area contributed by atoms with E-state index >= 15 is 0 Å². The lowest BCUT2D eigenvalue weighted by Gasteiger charge is -2.34. The van der Waals surface area contributed by atoms with Crippen molar-refractivity contribution in [2.24, 2.45) is 0 Å². The quantitative estimate of drug-likeness (QED) is 0.867. The molecule has 0 aliphatic carbocycles. The zero-order valence-corrected chi connectivity index (χ0v) is 13.4. The molecule has 0 spiro atoms. The first kappa shape index (κ1) is 15.4. The van der Waals surface area contributed by atoms with Crippen LogP contribution in [0.15, 0.2) is 28.7 Å². The molecule has 6 nitrogen and oxygen atoms in total. The van der Waals surface area contributed by atoms with Gasteiger partial charge in [-0.2, -0.15) is 10.2 Å². The van der Waals surface area contributed by atoms with Crippen molar-refractivity contribution in [3.8, 4) is 23.3 Å². The molecular formula is C17H19N3O3. The Balaban J connectivity index is 1.92. The molecule has 0 saturated carbocycles. The van der Waals surface area contributed by atoms with Gasteiger partial charge in [0.2, 0.25) is 17.5 Å². The molecule has 0 amide bonds. The third-order valence-electron chi connectivity index (χ3n) is 3.76. The van der Waals surface area contributed by atoms with Crippen LogP contribution in [0, 0.1) is 11.3 Å². The van der Waals surface area contributed by atoms with E-state index in [1.54, 1.807) is 7.11 Å². The number of ether oxygens (including phenoxy) is 2. The van der Waals surface area contributed by atoms with Crippen LogP contribution in [-0.2, 0) is 4.74 Å². The summed E-state index contributed by atoms with van der Waals surface area (Å²) in [5, 5.41) is 9.37. The minimum Gasteiger partial charge on any atom is -0.497 e. The number of aromatic nitrogens is 1. The standard InChI is InChI=1S/C17H19N3O3/c1-11-9-20(10-12(2)22-11)17-15(8-18)19-16(23-17)13-4-6-14(21-3)7-5-13/h4-7,11-12H,9-10H2,1-3H3/t11-,12+. The van der Waals surface area contributed by atoms with Crippen molar-refractivity contribution < 1.29 is 13.9 Å². The highest BCUT2D eigenvalue weighted by Gasteiger charge is 2.28. The van der Waals surface area contributed by atoms with E-state index in [1.165, 1.54) is 0 Å². The molecule has 0 bridgehead atoms. The Kier molecular flexibility index (Phi) is 4.22. The zero-order valence-electron chi connectivity index (χ0n) is 13.4. The summed E-state index contributed by atoms with van der Waals surface area (Å²) >= 11 is 0. The van der Waals surface area contributed by atoms with Crippen LogP contribution in [0.25, 0.3) is 11.5 Å². The van der Waals surface area contributed by atoms with Gasteiger partial charge in [-0.25, -0.2) is 0 Å². The third kappa shape index (κ3) is 3.15. The van der Waals surface area contributed by atoms with Gasteiger partial charge in [0.15, 0.2) is 0 Å². The normalized spacial score (nSPS) is 21.0. The molecule has 2 heterocycles. The smallest absolute Gasteiger partial charge is 0.235 e. The van der Waals surface area contributed by atoms with Gasteiger partial charge in [0.25, 0.3) is 0 Å². The van der Waals surface area contributed by atoms with Crippen LogP contribution in [0.2, 0.25) is 0 Å². The van der Waals surface area contributed by atoms with E-state index in [0.29, 0.717) is 30.6 Å². The predicted octanol–water partition coefficient (Wildman–Crippen LogP) is 2.84. The molecule has 1 aromatic carbocycles. The fourth-order valence-electron chi connectivity index (χ4n) is 2.80. The Morgan fingerprint density at radius 1 is 1.22 bits per heavy atom. The van der Waals surface area contributed by atoms with Gasteiger partial charge in [0, 0.05) is 18.7 Å². The summed E-state index contributed by atoms with van der Waals surface area (Å²) in [7, 11) is 1.62. The van der Waals surface area contributed by atoms with E-state index in [2.05, 4.69) is 11.1 Å². The molecule has 1 fully saturated rings. The van der Waals surface area contributed by atoms with Crippen molar-refractivity contribution >= 4 is 5.88 Å². The minimum absolute atomic E-state index is 0.0832. The maximum Gasteiger partial charge on any atom is 0.235 e. The van der Waals surface area contributed by atoms with Gasteiger partial charge in [-0.15, -0.1) is 0 Å². The molecule has 1 aromatic heterocycles. The Morgan fingerprint density at radius 2 is 1.87 bits per heavy atom. The van der Waals surface area contributed by atoms with Crippen molar-refractivity contribution in [3.05, 3.63) is 30.0 Å². The van der Waals surface area contributed by atoms with Crippen LogP contribution >= 0.6 is 0 Å². The average molecular weight is 313 g/mol. The first-order valence-corrected chi connectivity index (χ1v) is 7.56. The summed E-state index contributed by atoms with van der Waals surface area (Å²) in [6.07, 6.45) is 0.166. The number of benzene rings is 1. The molecule has 23 heavy (non-hydrogen) atoms. The van der Waals surface area contributed by atoms with Crippen molar-refractivity contribution in [1.29, 1.82) is 5.26 Å². The maximum absolute atomic E-state index is 9.37. The van der Waals surface area contributed by atoms with Crippen molar-refractivity contribution in [2.75, 3.05) is 25.1 Å². The van der Waals surface area contributed by atoms with E-state index in [9.17, 15) is 5.26 Å². The van der Waals surface area contributed by atoms with E-state index in [0.717, 1.165) is 11.3 Å². The van der Waals surface area contributed by atoms with E-state index in [1.807, 2.05) is 43.0 Å². The number of hydrogen-bond acceptors (Lipinski definition) is 6. The Morgan fingerprint density at radius 3 is 2.43 bits per heavy atom. The van der Waals surface area contributed by atoms with Gasteiger partial charge in [0.1, 0.15) is 11.8 Å². The minimum atomic E-state index is 0.0832. The number of morpholine rings is 1. The number of nitrogens with zero attached hydrogens (tertiary/aromatic N) is 3. The SMILES string of the molecule is COc1ccc(-c2nc(C#N)c(N3C[C@@H](C)O[C@@H](C)C3)o2)cc1. The van der Waals surface area contributed by atoms with Crippen LogP contribution < -0.4 is 9.64 Å². The molecule has 0 unspecified atom stereocenters. The molecule has 2 aromatic rings. The highest BCUT2D eigenvalue weighted by molar-refractivity contribution is 5.60. The first-order valence-electron chi connectivity index (χ1n) is 7.56. The van der Waals surface area contributed by atoms with Crippen LogP contribution in [0.1, 0.15) is 19.5 Å². The third-order valence-corrected chi connectivity index (χ3v) is 3.76. The number of rotatable bonds is 3. The maximum atomic E-state index is 9.37. The number of methoxy groups -OCH3 is 1. The van der Waals surface area contributed by atoms with Crippen LogP contribution in [0.5, 0.6) is 5.75 Å². The summed E-state index contributed by atoms with van der Waals surface area (Å²) in [6, 6.07) is 9.52. The Bertz CT molecular complexity index is 708. The molecule has 0 N–H and O–H groups in total. The van der Waals surface area contributed by atoms with Gasteiger partial charge in [-0.1, -0.05) is 0 Å². The monoisotopic (exact) mass is 313 g/mol. The molecule has 3 rings (SSSR count). The molecule has 6 heteroatoms. The highest BCUT2D eigenvalue weighted by Crippen LogP contribution is 2.30. The number of oxazole rings is 1. The molecule has 2 atom stereocenters. The second kappa shape index (κ2) is 6.31. The van der Waals surface area contributed by atoms with Crippen molar-refractivity contribution in [1.82, 2.24) is 4.98 Å². The van der Waals surface area contributed by atoms with Crippen LogP contribution in [-0.4, -0.2) is 37.4 Å². The summed E-state index contributed by atoms with van der Waals surface area (Å²) in [6.45, 7) is 5.37. The molecule has 1 aliphatic heterocycles. The topological polar surface area (TPSA) is 71.5 Å². The van der Waals surface area contributed by atoms with Gasteiger partial charge in [-0.05, 0) is 38.1 Å². The van der Waals surface area contributed by atoms with Crippen LogP contribution in [0.3, 0.4) is 0 Å². The van der Waals surface area contributed by atoms with Crippen molar-refractivity contribution in [2.45, 2.75) is 26.1 Å². The van der Waals surface area contributed by atoms with Gasteiger partial charge in [-0.3, -0.25) is 0 Å². The van der Waals surface area contributed by atoms with E-state index in [-0.39, 0.29) is 12.2 Å². The largest absolute Gasteiger partial charge is 0.497 e. The summed E-state index contributed by atoms with van der Waals surface area (Å²) in [5.41, 5.74) is 1.11. The fraction of sp³-hybridized carbons (Fsp3) is 0.412. The fourth-order valence-corrected chi connectivity index (χ4v) is 2.80. The second-order valence-electron chi connectivity index (χ2n) is 5.68. The number of hydrogen-bond donors (Lipinski definition) is 0. The predicted molar refractivity (Wildman–Crippen MR) is 85.4 cm³/mol. The molecule has 1 aliphatic rings. The van der Waals surface area contributed by atoms with Crippen LogP contribution in [0.4, 0.5) is 5.88 Å². The Labute approximate surface area is 135 Å². The number of nitriles is 1. The van der Waals surface area contributed by atoms with Gasteiger partial charge in [0.05, 0.1) is 19.3 Å². The Hall–Kier alpha value is -2.52. The molecule has 0 radical (unpaired) electrons. The van der Waals surface area contributed by atoms with Gasteiger partial charge >= 0.3 is 0 Å².